The largest absolute Gasteiger partial charge is 0.379 e. The van der Waals surface area contributed by atoms with Gasteiger partial charge in [-0.05, 0) is 11.1 Å². The molecule has 0 spiro atoms. The molecule has 0 aliphatic heterocycles. The molecular weight excluding hydrogens is 334 g/mol. The molecule has 2 aromatic rings. The highest BCUT2D eigenvalue weighted by molar-refractivity contribution is 5.97. The number of hydrogen-bond acceptors (Lipinski definition) is 3. The van der Waals surface area contributed by atoms with Crippen LogP contribution in [0.4, 0.5) is 0 Å². The van der Waals surface area contributed by atoms with Crippen LogP contribution in [0.2, 0.25) is 0 Å². The highest BCUT2D eigenvalue weighted by Crippen LogP contribution is 2.22. The summed E-state index contributed by atoms with van der Waals surface area (Å²) in [4.78, 5) is 14.2. The van der Waals surface area contributed by atoms with Crippen molar-refractivity contribution in [1.82, 2.24) is 10.2 Å². The van der Waals surface area contributed by atoms with Crippen molar-refractivity contribution in [1.29, 1.82) is 5.26 Å². The average Bonchev–Trinajstić information content (AvgIpc) is 2.72. The lowest BCUT2D eigenvalue weighted by Gasteiger charge is -2.21. The molecule has 0 aliphatic carbocycles. The molecule has 1 amide bonds. The van der Waals surface area contributed by atoms with Gasteiger partial charge in [0.05, 0.1) is 6.04 Å². The lowest BCUT2D eigenvalue weighted by molar-refractivity contribution is -0.125. The predicted molar refractivity (Wildman–Crippen MR) is 109 cm³/mol. The Kier molecular flexibility index (Phi) is 7.62. The summed E-state index contributed by atoms with van der Waals surface area (Å²) in [6.45, 7) is 8.02. The van der Waals surface area contributed by atoms with Gasteiger partial charge in [0.15, 0.2) is 0 Å². The number of amides is 1. The fourth-order valence-electron chi connectivity index (χ4n) is 2.71. The molecule has 0 saturated carbocycles. The van der Waals surface area contributed by atoms with Crippen LogP contribution in [0, 0.1) is 11.3 Å². The second kappa shape index (κ2) is 10.4. The van der Waals surface area contributed by atoms with Crippen LogP contribution in [-0.4, -0.2) is 23.9 Å². The zero-order valence-corrected chi connectivity index (χ0v) is 15.2. The van der Waals surface area contributed by atoms with Gasteiger partial charge < -0.3 is 10.2 Å². The number of nitrogens with one attached hydrogen (secondary N) is 1. The minimum absolute atomic E-state index is 0.0376. The van der Waals surface area contributed by atoms with E-state index in [9.17, 15) is 10.1 Å². The lowest BCUT2D eigenvalue weighted by atomic mass is 9.99. The summed E-state index contributed by atoms with van der Waals surface area (Å²) >= 11 is 0. The van der Waals surface area contributed by atoms with Crippen molar-refractivity contribution in [3.8, 4) is 6.07 Å². The highest BCUT2D eigenvalue weighted by Gasteiger charge is 2.18. The Balaban J connectivity index is 2.30. The van der Waals surface area contributed by atoms with Crippen molar-refractivity contribution in [3.05, 3.63) is 109 Å². The van der Waals surface area contributed by atoms with Crippen LogP contribution >= 0.6 is 0 Å². The van der Waals surface area contributed by atoms with E-state index in [1.165, 1.54) is 11.1 Å². The van der Waals surface area contributed by atoms with Gasteiger partial charge in [0.1, 0.15) is 11.6 Å². The topological polar surface area (TPSA) is 56.1 Å². The molecule has 27 heavy (non-hydrogen) atoms. The van der Waals surface area contributed by atoms with Crippen LogP contribution in [0.3, 0.4) is 0 Å². The normalized spacial score (nSPS) is 10.7. The first-order chi connectivity index (χ1) is 13.2. The van der Waals surface area contributed by atoms with Gasteiger partial charge in [-0.3, -0.25) is 4.79 Å². The number of nitrogens with zero attached hydrogens (tertiary/aromatic N) is 2. The average molecular weight is 357 g/mol. The summed E-state index contributed by atoms with van der Waals surface area (Å²) in [6.07, 6.45) is 4.74. The Morgan fingerprint density at radius 2 is 1.48 bits per heavy atom. The molecule has 1 N–H and O–H groups in total. The van der Waals surface area contributed by atoms with E-state index < -0.39 is 0 Å². The van der Waals surface area contributed by atoms with Gasteiger partial charge in [-0.15, -0.1) is 13.2 Å². The molecule has 0 aromatic heterocycles. The third-order valence-electron chi connectivity index (χ3n) is 4.00. The first-order valence-corrected chi connectivity index (χ1v) is 8.68. The van der Waals surface area contributed by atoms with Crippen LogP contribution in [0.15, 0.2) is 97.7 Å². The molecule has 136 valence electrons. The van der Waals surface area contributed by atoms with Gasteiger partial charge in [-0.2, -0.15) is 5.26 Å². The molecule has 0 aliphatic rings. The summed E-state index contributed by atoms with van der Waals surface area (Å²) in [6, 6.07) is 21.6. The van der Waals surface area contributed by atoms with Gasteiger partial charge in [-0.1, -0.05) is 72.8 Å². The van der Waals surface area contributed by atoms with Crippen molar-refractivity contribution >= 4 is 5.91 Å². The van der Waals surface area contributed by atoms with E-state index in [-0.39, 0.29) is 17.5 Å². The third-order valence-corrected chi connectivity index (χ3v) is 4.00. The fourth-order valence-corrected chi connectivity index (χ4v) is 2.71. The standard InChI is InChI=1S/C23H23N3O/c1-3-15-26(16-4-2)23(27)21(17-24)18-25-22(19-11-7-5-8-12-19)20-13-9-6-10-14-20/h3-14,18,22,25H,1-2,15-16H2/b21-18-. The molecule has 0 fully saturated rings. The van der Waals surface area contributed by atoms with Crippen molar-refractivity contribution in [2.24, 2.45) is 0 Å². The van der Waals surface area contributed by atoms with E-state index in [1.54, 1.807) is 12.2 Å². The van der Waals surface area contributed by atoms with Crippen LogP contribution in [-0.2, 0) is 4.79 Å². The minimum atomic E-state index is -0.357. The summed E-state index contributed by atoms with van der Waals surface area (Å²) < 4.78 is 0. The molecule has 2 aromatic carbocycles. The van der Waals surface area contributed by atoms with Crippen LogP contribution < -0.4 is 5.32 Å². The van der Waals surface area contributed by atoms with E-state index in [2.05, 4.69) is 18.5 Å². The first-order valence-electron chi connectivity index (χ1n) is 8.68. The Hall–Kier alpha value is -3.58. The van der Waals surface area contributed by atoms with Gasteiger partial charge >= 0.3 is 0 Å². The van der Waals surface area contributed by atoms with Crippen LogP contribution in [0.1, 0.15) is 17.2 Å². The summed E-state index contributed by atoms with van der Waals surface area (Å²) in [5.74, 6) is -0.357. The number of benzene rings is 2. The molecule has 0 saturated heterocycles. The number of rotatable bonds is 9. The smallest absolute Gasteiger partial charge is 0.266 e. The van der Waals surface area contributed by atoms with Crippen molar-refractivity contribution in [3.63, 3.8) is 0 Å². The van der Waals surface area contributed by atoms with Gasteiger partial charge in [0.25, 0.3) is 5.91 Å². The zero-order valence-electron chi connectivity index (χ0n) is 15.2. The van der Waals surface area contributed by atoms with E-state index >= 15 is 0 Å². The van der Waals surface area contributed by atoms with Crippen molar-refractivity contribution < 1.29 is 4.79 Å². The highest BCUT2D eigenvalue weighted by atomic mass is 16.2. The van der Waals surface area contributed by atoms with Crippen LogP contribution in [0.25, 0.3) is 0 Å². The van der Waals surface area contributed by atoms with Crippen LogP contribution in [0.5, 0.6) is 0 Å². The maximum Gasteiger partial charge on any atom is 0.266 e. The van der Waals surface area contributed by atoms with E-state index in [4.69, 9.17) is 0 Å². The summed E-state index contributed by atoms with van der Waals surface area (Å²) in [5.41, 5.74) is 2.12. The SMILES string of the molecule is C=CCN(CC=C)C(=O)/C(C#N)=C\NC(c1ccccc1)c1ccccc1. The van der Waals surface area contributed by atoms with E-state index in [1.807, 2.05) is 66.7 Å². The number of hydrogen-bond donors (Lipinski definition) is 1. The molecule has 4 nitrogen and oxygen atoms in total. The Morgan fingerprint density at radius 1 is 1.00 bits per heavy atom. The maximum atomic E-state index is 12.6. The molecule has 4 heteroatoms. The van der Waals surface area contributed by atoms with E-state index in [0.717, 1.165) is 11.1 Å². The maximum absolute atomic E-state index is 12.6. The molecule has 0 bridgehead atoms. The van der Waals surface area contributed by atoms with Crippen molar-refractivity contribution in [2.75, 3.05) is 13.1 Å². The third kappa shape index (κ3) is 5.45. The quantitative estimate of drug-likeness (QED) is 0.420. The Labute approximate surface area is 160 Å². The molecule has 2 rings (SSSR count). The fraction of sp³-hybridized carbons (Fsp3) is 0.130. The zero-order chi connectivity index (χ0) is 19.5. The number of carbonyl (C=O) groups excluding carboxylic acids is 1. The monoisotopic (exact) mass is 357 g/mol. The van der Waals surface area contributed by atoms with Crippen molar-refractivity contribution in [2.45, 2.75) is 6.04 Å². The predicted octanol–water partition coefficient (Wildman–Crippen LogP) is 3.97. The Bertz CT molecular complexity index is 785. The molecule has 0 atom stereocenters. The first kappa shape index (κ1) is 19.7. The Morgan fingerprint density at radius 3 is 1.89 bits per heavy atom. The minimum Gasteiger partial charge on any atom is -0.379 e. The number of nitriles is 1. The van der Waals surface area contributed by atoms with Gasteiger partial charge in [0, 0.05) is 19.3 Å². The molecule has 0 unspecified atom stereocenters. The van der Waals surface area contributed by atoms with E-state index in [0.29, 0.717) is 13.1 Å². The second-order valence-electron chi connectivity index (χ2n) is 5.88. The molecular formula is C23H23N3O. The van der Waals surface area contributed by atoms with Gasteiger partial charge in [0.2, 0.25) is 0 Å². The number of carbonyl (C=O) groups is 1. The molecule has 0 heterocycles. The second-order valence-corrected chi connectivity index (χ2v) is 5.88. The van der Waals surface area contributed by atoms with Gasteiger partial charge in [-0.25, -0.2) is 0 Å². The lowest BCUT2D eigenvalue weighted by Crippen LogP contribution is -2.33. The summed E-state index contributed by atoms with van der Waals surface area (Å²) in [7, 11) is 0. The summed E-state index contributed by atoms with van der Waals surface area (Å²) in [5, 5.41) is 12.7. The molecule has 0 radical (unpaired) electrons.